The summed E-state index contributed by atoms with van der Waals surface area (Å²) in [6, 6.07) is 13.2. The number of carbonyl (C=O) groups excluding carboxylic acids is 1. The van der Waals surface area contributed by atoms with E-state index in [9.17, 15) is 19.3 Å². The van der Waals surface area contributed by atoms with Gasteiger partial charge >= 0.3 is 0 Å². The molecular weight excluding hydrogens is 443 g/mol. The Balaban J connectivity index is 1.64. The monoisotopic (exact) mass is 456 g/mol. The van der Waals surface area contributed by atoms with Gasteiger partial charge in [-0.2, -0.15) is 0 Å². The molecule has 31 heavy (non-hydrogen) atoms. The maximum Gasteiger partial charge on any atom is 0.284 e. The first kappa shape index (κ1) is 20.8. The van der Waals surface area contributed by atoms with E-state index in [0.29, 0.717) is 22.1 Å². The van der Waals surface area contributed by atoms with E-state index in [1.54, 1.807) is 24.3 Å². The van der Waals surface area contributed by atoms with Gasteiger partial charge in [0.15, 0.2) is 4.32 Å². The van der Waals surface area contributed by atoms with Gasteiger partial charge < -0.3 is 9.15 Å². The number of benzene rings is 2. The predicted molar refractivity (Wildman–Crippen MR) is 119 cm³/mol. The number of hydrogen-bond acceptors (Lipinski definition) is 7. The van der Waals surface area contributed by atoms with Gasteiger partial charge in [-0.15, -0.1) is 0 Å². The Kier molecular flexibility index (Phi) is 5.57. The summed E-state index contributed by atoms with van der Waals surface area (Å²) in [6.07, 6.45) is 1.50. The first-order valence-electron chi connectivity index (χ1n) is 8.83. The number of ether oxygens (including phenoxy) is 1. The molecule has 7 nitrogen and oxygen atoms in total. The molecular formula is C21H13FN2O5S2. The van der Waals surface area contributed by atoms with Crippen LogP contribution < -0.4 is 9.64 Å². The van der Waals surface area contributed by atoms with Gasteiger partial charge in [0.1, 0.15) is 23.1 Å². The van der Waals surface area contributed by atoms with E-state index < -0.39 is 16.6 Å². The Bertz CT molecular complexity index is 1250. The van der Waals surface area contributed by atoms with Gasteiger partial charge in [0, 0.05) is 6.08 Å². The molecule has 1 amide bonds. The number of rotatable bonds is 5. The lowest BCUT2D eigenvalue weighted by Gasteiger charge is -2.14. The molecule has 1 aliphatic rings. The second-order valence-electron chi connectivity index (χ2n) is 6.34. The summed E-state index contributed by atoms with van der Waals surface area (Å²) in [5, 5.41) is 11.4. The second-order valence-corrected chi connectivity index (χ2v) is 8.01. The highest BCUT2D eigenvalue weighted by Gasteiger charge is 2.33. The van der Waals surface area contributed by atoms with Crippen molar-refractivity contribution >= 4 is 51.7 Å². The highest BCUT2D eigenvalue weighted by Crippen LogP contribution is 2.38. The van der Waals surface area contributed by atoms with Gasteiger partial charge in [-0.25, -0.2) is 4.39 Å². The zero-order valence-electron chi connectivity index (χ0n) is 15.9. The van der Waals surface area contributed by atoms with Gasteiger partial charge in [0.2, 0.25) is 0 Å². The van der Waals surface area contributed by atoms with E-state index in [0.717, 1.165) is 11.8 Å². The SMILES string of the molecule is COc1ccc(-c2ccc(/C=C3\SC(=S)N(c4cccc(F)c4)C3=O)o2)c([N+](=O)[O-])c1. The molecule has 0 unspecified atom stereocenters. The van der Waals surface area contributed by atoms with Crippen molar-refractivity contribution in [1.82, 2.24) is 0 Å². The lowest BCUT2D eigenvalue weighted by molar-refractivity contribution is -0.384. The molecule has 0 saturated carbocycles. The van der Waals surface area contributed by atoms with E-state index in [4.69, 9.17) is 21.4 Å². The standard InChI is InChI=1S/C21H13FN2O5S2/c1-28-14-5-7-16(17(10-14)24(26)27)18-8-6-15(29-18)11-19-20(25)23(21(30)31-19)13-4-2-3-12(22)9-13/h2-11H,1H3/b19-11-. The third-order valence-electron chi connectivity index (χ3n) is 4.43. The largest absolute Gasteiger partial charge is 0.497 e. The Morgan fingerprint density at radius 2 is 2.03 bits per heavy atom. The molecule has 156 valence electrons. The van der Waals surface area contributed by atoms with Crippen LogP contribution in [0.15, 0.2) is 63.9 Å². The molecule has 0 N–H and O–H groups in total. The van der Waals surface area contributed by atoms with Crippen LogP contribution in [0.3, 0.4) is 0 Å². The number of nitro benzene ring substituents is 1. The van der Waals surface area contributed by atoms with Crippen LogP contribution in [0.5, 0.6) is 5.75 Å². The molecule has 10 heteroatoms. The normalized spacial score (nSPS) is 15.0. The smallest absolute Gasteiger partial charge is 0.284 e. The summed E-state index contributed by atoms with van der Waals surface area (Å²) in [5.74, 6) is 0.0468. The number of nitrogens with zero attached hydrogens (tertiary/aromatic N) is 2. The number of furan rings is 1. The molecule has 1 aromatic heterocycles. The van der Waals surface area contributed by atoms with Crippen LogP contribution in [0, 0.1) is 15.9 Å². The predicted octanol–water partition coefficient (Wildman–Crippen LogP) is 5.41. The molecule has 2 heterocycles. The molecule has 1 aliphatic heterocycles. The van der Waals surface area contributed by atoms with Crippen molar-refractivity contribution in [1.29, 1.82) is 0 Å². The Hall–Kier alpha value is -3.50. The van der Waals surface area contributed by atoms with Gasteiger partial charge in [0.25, 0.3) is 11.6 Å². The number of halogens is 1. The lowest BCUT2D eigenvalue weighted by Crippen LogP contribution is -2.27. The van der Waals surface area contributed by atoms with Crippen molar-refractivity contribution in [3.63, 3.8) is 0 Å². The van der Waals surface area contributed by atoms with Crippen LogP contribution in [0.2, 0.25) is 0 Å². The van der Waals surface area contributed by atoms with Crippen molar-refractivity contribution in [2.24, 2.45) is 0 Å². The Morgan fingerprint density at radius 3 is 2.74 bits per heavy atom. The minimum atomic E-state index is -0.524. The fourth-order valence-electron chi connectivity index (χ4n) is 3.01. The Morgan fingerprint density at radius 1 is 1.23 bits per heavy atom. The molecule has 0 radical (unpaired) electrons. The van der Waals surface area contributed by atoms with Crippen LogP contribution in [-0.4, -0.2) is 22.3 Å². The topological polar surface area (TPSA) is 85.8 Å². The van der Waals surface area contributed by atoms with Crippen LogP contribution in [0.1, 0.15) is 5.76 Å². The molecule has 1 fully saturated rings. The van der Waals surface area contributed by atoms with E-state index in [1.807, 2.05) is 0 Å². The molecule has 0 atom stereocenters. The summed E-state index contributed by atoms with van der Waals surface area (Å²) in [5.41, 5.74) is 0.440. The molecule has 0 spiro atoms. The fourth-order valence-corrected chi connectivity index (χ4v) is 4.29. The summed E-state index contributed by atoms with van der Waals surface area (Å²) in [6.45, 7) is 0. The maximum atomic E-state index is 13.5. The molecule has 4 rings (SSSR count). The van der Waals surface area contributed by atoms with Gasteiger partial charge in [-0.3, -0.25) is 19.8 Å². The number of thiocarbonyl (C=S) groups is 1. The van der Waals surface area contributed by atoms with Crippen molar-refractivity contribution in [3.05, 3.63) is 81.2 Å². The van der Waals surface area contributed by atoms with Gasteiger partial charge in [-0.1, -0.05) is 30.0 Å². The molecule has 2 aromatic carbocycles. The highest BCUT2D eigenvalue weighted by molar-refractivity contribution is 8.27. The van der Waals surface area contributed by atoms with E-state index in [-0.39, 0.29) is 21.3 Å². The maximum absolute atomic E-state index is 13.5. The first-order chi connectivity index (χ1) is 14.9. The van der Waals surface area contributed by atoms with E-state index in [2.05, 4.69) is 0 Å². The molecule has 3 aromatic rings. The minimum Gasteiger partial charge on any atom is -0.497 e. The third-order valence-corrected chi connectivity index (χ3v) is 5.73. The van der Waals surface area contributed by atoms with Crippen LogP contribution in [-0.2, 0) is 4.79 Å². The van der Waals surface area contributed by atoms with Crippen LogP contribution in [0.4, 0.5) is 15.8 Å². The quantitative estimate of drug-likeness (QED) is 0.220. The zero-order valence-corrected chi connectivity index (χ0v) is 17.5. The summed E-state index contributed by atoms with van der Waals surface area (Å²) in [7, 11) is 1.42. The summed E-state index contributed by atoms with van der Waals surface area (Å²) < 4.78 is 24.6. The number of methoxy groups -OCH3 is 1. The van der Waals surface area contributed by atoms with Gasteiger partial charge in [0.05, 0.1) is 34.3 Å². The lowest BCUT2D eigenvalue weighted by atomic mass is 10.1. The summed E-state index contributed by atoms with van der Waals surface area (Å²) >= 11 is 6.33. The molecule has 1 saturated heterocycles. The fraction of sp³-hybridized carbons (Fsp3) is 0.0476. The van der Waals surface area contributed by atoms with Crippen LogP contribution in [0.25, 0.3) is 17.4 Å². The number of carbonyl (C=O) groups is 1. The van der Waals surface area contributed by atoms with Crippen molar-refractivity contribution in [3.8, 4) is 17.1 Å². The number of hydrogen-bond donors (Lipinski definition) is 0. The second kappa shape index (κ2) is 8.32. The average Bonchev–Trinajstić information content (AvgIpc) is 3.31. The van der Waals surface area contributed by atoms with E-state index >= 15 is 0 Å². The van der Waals surface area contributed by atoms with E-state index in [1.165, 1.54) is 48.4 Å². The number of nitro groups is 1. The first-order valence-corrected chi connectivity index (χ1v) is 10.1. The van der Waals surface area contributed by atoms with Gasteiger partial charge in [-0.05, 0) is 42.5 Å². The van der Waals surface area contributed by atoms with Crippen molar-refractivity contribution < 1.29 is 23.3 Å². The highest BCUT2D eigenvalue weighted by atomic mass is 32.2. The molecule has 0 bridgehead atoms. The molecule has 0 aliphatic carbocycles. The zero-order chi connectivity index (χ0) is 22.1. The number of thioether (sulfide) groups is 1. The average molecular weight is 456 g/mol. The van der Waals surface area contributed by atoms with Crippen molar-refractivity contribution in [2.75, 3.05) is 12.0 Å². The number of anilines is 1. The van der Waals surface area contributed by atoms with Crippen molar-refractivity contribution in [2.45, 2.75) is 0 Å². The number of amides is 1. The summed E-state index contributed by atoms with van der Waals surface area (Å²) in [4.78, 5) is 25.2. The minimum absolute atomic E-state index is 0.169. The Labute approximate surface area is 185 Å². The third kappa shape index (κ3) is 4.07. The van der Waals surface area contributed by atoms with Crippen LogP contribution >= 0.6 is 24.0 Å².